The zero-order chi connectivity index (χ0) is 13.2. The van der Waals surface area contributed by atoms with Gasteiger partial charge in [0.2, 0.25) is 0 Å². The molecule has 1 heterocycles. The third-order valence-corrected chi connectivity index (χ3v) is 2.99. The molecule has 0 aliphatic carbocycles. The fraction of sp³-hybridized carbons (Fsp3) is 0.0625. The summed E-state index contributed by atoms with van der Waals surface area (Å²) in [5.41, 5.74) is 1.37. The molecule has 0 N–H and O–H groups in total. The highest BCUT2D eigenvalue weighted by atomic mass is 16.5. The van der Waals surface area contributed by atoms with Gasteiger partial charge in [0.05, 0.1) is 12.5 Å². The van der Waals surface area contributed by atoms with Crippen molar-refractivity contribution in [3.8, 4) is 17.1 Å². The molecule has 94 valence electrons. The summed E-state index contributed by atoms with van der Waals surface area (Å²) in [5.74, 6) is 1.27. The van der Waals surface area contributed by atoms with E-state index in [-0.39, 0.29) is 5.43 Å². The lowest BCUT2D eigenvalue weighted by atomic mass is 10.1. The van der Waals surface area contributed by atoms with E-state index >= 15 is 0 Å². The second kappa shape index (κ2) is 4.61. The fourth-order valence-corrected chi connectivity index (χ4v) is 2.02. The van der Waals surface area contributed by atoms with Crippen LogP contribution in [-0.4, -0.2) is 7.11 Å². The summed E-state index contributed by atoms with van der Waals surface area (Å²) in [6.45, 7) is 0. The van der Waals surface area contributed by atoms with Crippen LogP contribution in [-0.2, 0) is 0 Å². The Bertz CT molecular complexity index is 787. The first-order chi connectivity index (χ1) is 9.28. The molecule has 2 aromatic carbocycles. The molecule has 3 heteroatoms. The second-order valence-electron chi connectivity index (χ2n) is 4.20. The highest BCUT2D eigenvalue weighted by molar-refractivity contribution is 5.78. The minimum Gasteiger partial charge on any atom is -0.497 e. The molecule has 1 aromatic heterocycles. The van der Waals surface area contributed by atoms with Crippen LogP contribution in [0.15, 0.2) is 63.8 Å². The van der Waals surface area contributed by atoms with Crippen molar-refractivity contribution < 1.29 is 9.15 Å². The predicted octanol–water partition coefficient (Wildman–Crippen LogP) is 3.47. The maximum atomic E-state index is 12.0. The number of para-hydroxylation sites is 1. The second-order valence-corrected chi connectivity index (χ2v) is 4.20. The number of benzene rings is 2. The van der Waals surface area contributed by atoms with Gasteiger partial charge in [-0.15, -0.1) is 0 Å². The molecule has 0 aliphatic rings. The third-order valence-electron chi connectivity index (χ3n) is 2.99. The van der Waals surface area contributed by atoms with Crippen LogP contribution in [0.3, 0.4) is 0 Å². The van der Waals surface area contributed by atoms with Crippen molar-refractivity contribution in [1.82, 2.24) is 0 Å². The Labute approximate surface area is 110 Å². The van der Waals surface area contributed by atoms with E-state index in [9.17, 15) is 4.79 Å². The molecule has 19 heavy (non-hydrogen) atoms. The monoisotopic (exact) mass is 252 g/mol. The van der Waals surface area contributed by atoms with Crippen LogP contribution in [0.5, 0.6) is 5.75 Å². The topological polar surface area (TPSA) is 39.4 Å². The first kappa shape index (κ1) is 11.5. The average molecular weight is 252 g/mol. The Morgan fingerprint density at radius 1 is 1.00 bits per heavy atom. The maximum Gasteiger partial charge on any atom is 0.193 e. The summed E-state index contributed by atoms with van der Waals surface area (Å²) >= 11 is 0. The number of hydrogen-bond donors (Lipinski definition) is 0. The molecule has 0 saturated carbocycles. The van der Waals surface area contributed by atoms with Crippen molar-refractivity contribution in [2.75, 3.05) is 7.11 Å². The van der Waals surface area contributed by atoms with Gasteiger partial charge in [0.1, 0.15) is 17.1 Å². The van der Waals surface area contributed by atoms with Gasteiger partial charge >= 0.3 is 0 Å². The van der Waals surface area contributed by atoms with Gasteiger partial charge in [0.25, 0.3) is 0 Å². The van der Waals surface area contributed by atoms with Crippen molar-refractivity contribution in [1.29, 1.82) is 0 Å². The maximum absolute atomic E-state index is 12.0. The summed E-state index contributed by atoms with van der Waals surface area (Å²) in [6, 6.07) is 16.2. The van der Waals surface area contributed by atoms with Crippen LogP contribution in [0.4, 0.5) is 0 Å². The van der Waals surface area contributed by atoms with Crippen molar-refractivity contribution in [2.45, 2.75) is 0 Å². The summed E-state index contributed by atoms with van der Waals surface area (Å²) in [6.07, 6.45) is 0. The van der Waals surface area contributed by atoms with E-state index in [1.165, 1.54) is 6.07 Å². The minimum absolute atomic E-state index is 0.0420. The van der Waals surface area contributed by atoms with Crippen LogP contribution >= 0.6 is 0 Å². The number of rotatable bonds is 2. The first-order valence-electron chi connectivity index (χ1n) is 5.95. The van der Waals surface area contributed by atoms with Crippen LogP contribution in [0, 0.1) is 0 Å². The van der Waals surface area contributed by atoms with E-state index in [0.29, 0.717) is 16.7 Å². The van der Waals surface area contributed by atoms with Crippen molar-refractivity contribution in [3.63, 3.8) is 0 Å². The third kappa shape index (κ3) is 2.10. The first-order valence-corrected chi connectivity index (χ1v) is 5.95. The molecule has 3 rings (SSSR count). The molecule has 0 radical (unpaired) electrons. The van der Waals surface area contributed by atoms with Crippen LogP contribution in [0.1, 0.15) is 0 Å². The van der Waals surface area contributed by atoms with E-state index in [1.807, 2.05) is 36.4 Å². The molecule has 0 unspecified atom stereocenters. The Morgan fingerprint density at radius 3 is 2.68 bits per heavy atom. The minimum atomic E-state index is -0.0420. The van der Waals surface area contributed by atoms with Crippen molar-refractivity contribution in [3.05, 3.63) is 64.8 Å². The van der Waals surface area contributed by atoms with Gasteiger partial charge in [-0.3, -0.25) is 4.79 Å². The van der Waals surface area contributed by atoms with E-state index in [4.69, 9.17) is 9.15 Å². The van der Waals surface area contributed by atoms with Crippen molar-refractivity contribution in [2.24, 2.45) is 0 Å². The summed E-state index contributed by atoms with van der Waals surface area (Å²) in [4.78, 5) is 12.0. The predicted molar refractivity (Wildman–Crippen MR) is 74.5 cm³/mol. The zero-order valence-electron chi connectivity index (χ0n) is 10.4. The van der Waals surface area contributed by atoms with Gasteiger partial charge in [-0.25, -0.2) is 0 Å². The molecule has 0 atom stereocenters. The van der Waals surface area contributed by atoms with Crippen molar-refractivity contribution >= 4 is 11.0 Å². The number of hydrogen-bond acceptors (Lipinski definition) is 3. The number of methoxy groups -OCH3 is 1. The van der Waals surface area contributed by atoms with Crippen LogP contribution in [0.25, 0.3) is 22.3 Å². The van der Waals surface area contributed by atoms with E-state index in [2.05, 4.69) is 0 Å². The van der Waals surface area contributed by atoms with Gasteiger partial charge in [-0.1, -0.05) is 24.3 Å². The SMILES string of the molecule is COc1cccc(-c2cc(=O)c3ccccc3o2)c1. The Hall–Kier alpha value is -2.55. The quantitative estimate of drug-likeness (QED) is 0.701. The molecule has 0 bridgehead atoms. The molecule has 0 aliphatic heterocycles. The van der Waals surface area contributed by atoms with E-state index in [0.717, 1.165) is 11.3 Å². The van der Waals surface area contributed by atoms with Gasteiger partial charge < -0.3 is 9.15 Å². The Kier molecular flexibility index (Phi) is 2.80. The van der Waals surface area contributed by atoms with Crippen LogP contribution in [0.2, 0.25) is 0 Å². The molecule has 3 nitrogen and oxygen atoms in total. The summed E-state index contributed by atoms with van der Waals surface area (Å²) in [7, 11) is 1.61. The smallest absolute Gasteiger partial charge is 0.193 e. The highest BCUT2D eigenvalue weighted by Crippen LogP contribution is 2.25. The fourth-order valence-electron chi connectivity index (χ4n) is 2.02. The Balaban J connectivity index is 2.22. The van der Waals surface area contributed by atoms with Gasteiger partial charge in [0.15, 0.2) is 5.43 Å². The van der Waals surface area contributed by atoms with E-state index in [1.54, 1.807) is 19.2 Å². The molecule has 0 saturated heterocycles. The molecular weight excluding hydrogens is 240 g/mol. The Morgan fingerprint density at radius 2 is 1.84 bits per heavy atom. The average Bonchev–Trinajstić information content (AvgIpc) is 2.47. The summed E-state index contributed by atoms with van der Waals surface area (Å²) in [5, 5.41) is 0.592. The highest BCUT2D eigenvalue weighted by Gasteiger charge is 2.07. The van der Waals surface area contributed by atoms with Crippen LogP contribution < -0.4 is 10.2 Å². The van der Waals surface area contributed by atoms with E-state index < -0.39 is 0 Å². The molecule has 3 aromatic rings. The molecule has 0 spiro atoms. The molecule has 0 amide bonds. The number of ether oxygens (including phenoxy) is 1. The summed E-state index contributed by atoms with van der Waals surface area (Å²) < 4.78 is 10.9. The van der Waals surface area contributed by atoms with Gasteiger partial charge in [-0.05, 0) is 24.3 Å². The van der Waals surface area contributed by atoms with Gasteiger partial charge in [-0.2, -0.15) is 0 Å². The lowest BCUT2D eigenvalue weighted by molar-refractivity contribution is 0.415. The van der Waals surface area contributed by atoms with Gasteiger partial charge in [0, 0.05) is 11.6 Å². The largest absolute Gasteiger partial charge is 0.497 e. The number of fused-ring (bicyclic) bond motifs is 1. The zero-order valence-corrected chi connectivity index (χ0v) is 10.4. The lowest BCUT2D eigenvalue weighted by Gasteiger charge is -2.05. The molecule has 0 fully saturated rings. The normalized spacial score (nSPS) is 10.6. The molecular formula is C16H12O3. The standard InChI is InChI=1S/C16H12O3/c1-18-12-6-4-5-11(9-12)16-10-14(17)13-7-2-3-8-15(13)19-16/h2-10H,1H3. The lowest BCUT2D eigenvalue weighted by Crippen LogP contribution is -1.99.